The molecule has 1 unspecified atom stereocenters. The van der Waals surface area contributed by atoms with Crippen LogP contribution in [0.3, 0.4) is 0 Å². The summed E-state index contributed by atoms with van der Waals surface area (Å²) in [6, 6.07) is 13.6. The molecule has 1 aliphatic heterocycles. The maximum Gasteiger partial charge on any atom is 0.318 e. The number of aromatic nitrogens is 1. The third-order valence-corrected chi connectivity index (χ3v) is 5.44. The number of urea groups is 1. The number of fused-ring (bicyclic) bond motifs is 1. The molecule has 0 saturated carbocycles. The average Bonchev–Trinajstić information content (AvgIpc) is 3.41. The van der Waals surface area contributed by atoms with E-state index in [1.54, 1.807) is 11.9 Å². The van der Waals surface area contributed by atoms with Crippen molar-refractivity contribution in [3.05, 3.63) is 60.0 Å². The predicted molar refractivity (Wildman–Crippen MR) is 110 cm³/mol. The molecule has 1 saturated heterocycles. The number of pyridine rings is 1. The smallest absolute Gasteiger partial charge is 0.318 e. The summed E-state index contributed by atoms with van der Waals surface area (Å²) < 4.78 is 5.90. The van der Waals surface area contributed by atoms with Gasteiger partial charge in [-0.2, -0.15) is 0 Å². The summed E-state index contributed by atoms with van der Waals surface area (Å²) in [5.41, 5.74) is 1.89. The molecule has 6 nitrogen and oxygen atoms in total. The van der Waals surface area contributed by atoms with Crippen molar-refractivity contribution in [2.45, 2.75) is 32.4 Å². The normalized spacial score (nSPS) is 15.0. The molecule has 28 heavy (non-hydrogen) atoms. The van der Waals surface area contributed by atoms with E-state index in [4.69, 9.17) is 4.42 Å². The van der Waals surface area contributed by atoms with E-state index in [9.17, 15) is 4.79 Å². The molecule has 1 aromatic carbocycles. The van der Waals surface area contributed by atoms with Gasteiger partial charge in [0.15, 0.2) is 0 Å². The van der Waals surface area contributed by atoms with E-state index in [1.807, 2.05) is 49.5 Å². The second kappa shape index (κ2) is 7.92. The first-order valence-electron chi connectivity index (χ1n) is 9.81. The van der Waals surface area contributed by atoms with Crippen molar-refractivity contribution < 1.29 is 9.21 Å². The molecule has 1 aliphatic rings. The summed E-state index contributed by atoms with van der Waals surface area (Å²) in [5.74, 6) is 1.77. The second-order valence-electron chi connectivity index (χ2n) is 7.35. The van der Waals surface area contributed by atoms with E-state index in [0.29, 0.717) is 6.54 Å². The van der Waals surface area contributed by atoms with E-state index in [0.717, 1.165) is 41.2 Å². The summed E-state index contributed by atoms with van der Waals surface area (Å²) in [6.07, 6.45) is 4.25. The zero-order valence-electron chi connectivity index (χ0n) is 16.4. The van der Waals surface area contributed by atoms with Crippen LogP contribution in [0.15, 0.2) is 53.1 Å². The van der Waals surface area contributed by atoms with Crippen molar-refractivity contribution in [2.24, 2.45) is 0 Å². The molecule has 6 heteroatoms. The Kier molecular flexibility index (Phi) is 5.19. The summed E-state index contributed by atoms with van der Waals surface area (Å²) >= 11 is 0. The highest BCUT2D eigenvalue weighted by molar-refractivity contribution is 5.78. The van der Waals surface area contributed by atoms with Crippen molar-refractivity contribution in [1.29, 1.82) is 0 Å². The molecule has 4 rings (SSSR count). The number of anilines is 1. The number of hydrogen-bond acceptors (Lipinski definition) is 4. The molecule has 2 amide bonds. The number of carbonyl (C=O) groups excluding carboxylic acids is 1. The molecular formula is C22H26N4O2. The molecule has 1 atom stereocenters. The average molecular weight is 378 g/mol. The Hall–Kier alpha value is -3.02. The molecule has 3 aromatic rings. The van der Waals surface area contributed by atoms with Gasteiger partial charge in [-0.15, -0.1) is 0 Å². The number of benzene rings is 1. The van der Waals surface area contributed by atoms with Crippen LogP contribution < -0.4 is 10.2 Å². The number of hydrogen-bond donors (Lipinski definition) is 1. The van der Waals surface area contributed by atoms with Crippen LogP contribution in [0.4, 0.5) is 10.6 Å². The van der Waals surface area contributed by atoms with Gasteiger partial charge in [-0.3, -0.25) is 0 Å². The quantitative estimate of drug-likeness (QED) is 0.718. The van der Waals surface area contributed by atoms with Crippen molar-refractivity contribution in [2.75, 3.05) is 25.0 Å². The Bertz CT molecular complexity index is 929. The second-order valence-corrected chi connectivity index (χ2v) is 7.35. The topological polar surface area (TPSA) is 61.6 Å². The van der Waals surface area contributed by atoms with Crippen LogP contribution in [-0.4, -0.2) is 36.1 Å². The first-order chi connectivity index (χ1) is 13.6. The highest BCUT2D eigenvalue weighted by atomic mass is 16.3. The van der Waals surface area contributed by atoms with Crippen molar-refractivity contribution >= 4 is 22.8 Å². The van der Waals surface area contributed by atoms with E-state index in [-0.39, 0.29) is 12.1 Å². The van der Waals surface area contributed by atoms with E-state index in [1.165, 1.54) is 12.8 Å². The highest BCUT2D eigenvalue weighted by Gasteiger charge is 2.21. The first kappa shape index (κ1) is 18.3. The number of amides is 2. The van der Waals surface area contributed by atoms with Gasteiger partial charge in [0.25, 0.3) is 0 Å². The monoisotopic (exact) mass is 378 g/mol. The SMILES string of the molecule is CC(c1cc2ccccc2o1)N(C)C(=O)NCc1ccnc(N2CCCC2)c1. The third kappa shape index (κ3) is 3.81. The number of nitrogens with zero attached hydrogens (tertiary/aromatic N) is 3. The van der Waals surface area contributed by atoms with Gasteiger partial charge in [-0.1, -0.05) is 18.2 Å². The molecule has 0 aliphatic carbocycles. The van der Waals surface area contributed by atoms with E-state index < -0.39 is 0 Å². The molecule has 146 valence electrons. The summed E-state index contributed by atoms with van der Waals surface area (Å²) in [7, 11) is 1.79. The minimum atomic E-state index is -0.162. The van der Waals surface area contributed by atoms with Gasteiger partial charge in [0.2, 0.25) is 0 Å². The number of furan rings is 1. The Balaban J connectivity index is 1.38. The van der Waals surface area contributed by atoms with E-state index >= 15 is 0 Å². The minimum Gasteiger partial charge on any atom is -0.459 e. The fourth-order valence-electron chi connectivity index (χ4n) is 3.57. The van der Waals surface area contributed by atoms with Crippen LogP contribution in [0.2, 0.25) is 0 Å². The van der Waals surface area contributed by atoms with Crippen LogP contribution >= 0.6 is 0 Å². The number of para-hydroxylation sites is 1. The van der Waals surface area contributed by atoms with Gasteiger partial charge in [-0.25, -0.2) is 9.78 Å². The van der Waals surface area contributed by atoms with Crippen LogP contribution in [-0.2, 0) is 6.54 Å². The van der Waals surface area contributed by atoms with Crippen LogP contribution in [0, 0.1) is 0 Å². The van der Waals surface area contributed by atoms with Crippen molar-refractivity contribution in [3.8, 4) is 0 Å². The maximum absolute atomic E-state index is 12.6. The van der Waals surface area contributed by atoms with Crippen molar-refractivity contribution in [1.82, 2.24) is 15.2 Å². The molecule has 3 heterocycles. The predicted octanol–water partition coefficient (Wildman–Crippen LogP) is 4.33. The van der Waals surface area contributed by atoms with Gasteiger partial charge >= 0.3 is 6.03 Å². The number of nitrogens with one attached hydrogen (secondary N) is 1. The summed E-state index contributed by atoms with van der Waals surface area (Å²) in [5, 5.41) is 4.05. The van der Waals surface area contributed by atoms with Gasteiger partial charge < -0.3 is 19.5 Å². The fraction of sp³-hybridized carbons (Fsp3) is 0.364. The lowest BCUT2D eigenvalue weighted by Gasteiger charge is -2.24. The largest absolute Gasteiger partial charge is 0.459 e. The zero-order valence-corrected chi connectivity index (χ0v) is 16.4. The molecular weight excluding hydrogens is 352 g/mol. The molecule has 2 aromatic heterocycles. The maximum atomic E-state index is 12.6. The highest BCUT2D eigenvalue weighted by Crippen LogP contribution is 2.26. The lowest BCUT2D eigenvalue weighted by Crippen LogP contribution is -2.38. The van der Waals surface area contributed by atoms with Gasteiger partial charge in [0.05, 0.1) is 6.04 Å². The fourth-order valence-corrected chi connectivity index (χ4v) is 3.57. The zero-order chi connectivity index (χ0) is 19.5. The lowest BCUT2D eigenvalue weighted by atomic mass is 10.2. The molecule has 0 radical (unpaired) electrons. The van der Waals surface area contributed by atoms with Crippen LogP contribution in [0.5, 0.6) is 0 Å². The minimum absolute atomic E-state index is 0.132. The Morgan fingerprint density at radius 3 is 2.82 bits per heavy atom. The van der Waals surface area contributed by atoms with Crippen LogP contribution in [0.1, 0.15) is 37.1 Å². The summed E-state index contributed by atoms with van der Waals surface area (Å²) in [4.78, 5) is 21.1. The molecule has 1 fully saturated rings. The third-order valence-electron chi connectivity index (χ3n) is 5.44. The van der Waals surface area contributed by atoms with E-state index in [2.05, 4.69) is 21.3 Å². The molecule has 0 spiro atoms. The Morgan fingerprint density at radius 1 is 1.25 bits per heavy atom. The number of carbonyl (C=O) groups is 1. The first-order valence-corrected chi connectivity index (χ1v) is 9.81. The molecule has 1 N–H and O–H groups in total. The number of rotatable bonds is 5. The Morgan fingerprint density at radius 2 is 2.04 bits per heavy atom. The summed E-state index contributed by atoms with van der Waals surface area (Å²) in [6.45, 7) is 4.55. The van der Waals surface area contributed by atoms with Crippen LogP contribution in [0.25, 0.3) is 11.0 Å². The van der Waals surface area contributed by atoms with Crippen molar-refractivity contribution in [3.63, 3.8) is 0 Å². The standard InChI is InChI=1S/C22H26N4O2/c1-16(20-14-18-7-3-4-8-19(18)28-20)25(2)22(27)24-15-17-9-10-23-21(13-17)26-11-5-6-12-26/h3-4,7-10,13-14,16H,5-6,11-12,15H2,1-2H3,(H,24,27). The Labute approximate surface area is 165 Å². The molecule has 0 bridgehead atoms. The van der Waals surface area contributed by atoms with Gasteiger partial charge in [0, 0.05) is 38.3 Å². The van der Waals surface area contributed by atoms with Gasteiger partial charge in [0.1, 0.15) is 17.2 Å². The van der Waals surface area contributed by atoms with Gasteiger partial charge in [-0.05, 0) is 49.6 Å². The lowest BCUT2D eigenvalue weighted by molar-refractivity contribution is 0.187.